The number of rotatable bonds is 2. The third kappa shape index (κ3) is 2.74. The summed E-state index contributed by atoms with van der Waals surface area (Å²) in [6.07, 6.45) is 5.17. The number of carbonyl (C=O) groups is 1. The van der Waals surface area contributed by atoms with Crippen molar-refractivity contribution in [3.8, 4) is 12.3 Å². The largest absolute Gasteiger partial charge is 0.339 e. The minimum atomic E-state index is -0.237. The van der Waals surface area contributed by atoms with E-state index in [4.69, 9.17) is 6.42 Å². The Kier molecular flexibility index (Phi) is 3.96. The second-order valence-electron chi connectivity index (χ2n) is 2.84. The molecule has 0 bridgehead atoms. The predicted molar refractivity (Wildman–Crippen MR) is 64.9 cm³/mol. The highest BCUT2D eigenvalue weighted by Crippen LogP contribution is 2.11. The van der Waals surface area contributed by atoms with Gasteiger partial charge < -0.3 is 5.32 Å². The topological polar surface area (TPSA) is 29.1 Å². The quantitative estimate of drug-likeness (QED) is 0.657. The maximum absolute atomic E-state index is 11.6. The van der Waals surface area contributed by atoms with E-state index < -0.39 is 0 Å². The van der Waals surface area contributed by atoms with E-state index in [1.54, 1.807) is 13.0 Å². The molecule has 0 aromatic heterocycles. The van der Waals surface area contributed by atoms with Crippen LogP contribution in [0.3, 0.4) is 0 Å². The molecule has 72 valence electrons. The van der Waals surface area contributed by atoms with Crippen molar-refractivity contribution >= 4 is 28.5 Å². The van der Waals surface area contributed by atoms with Crippen LogP contribution in [0.1, 0.15) is 17.3 Å². The van der Waals surface area contributed by atoms with Gasteiger partial charge in [0.05, 0.1) is 11.6 Å². The summed E-state index contributed by atoms with van der Waals surface area (Å²) in [6, 6.07) is 7.15. The number of benzene rings is 1. The fourth-order valence-corrected chi connectivity index (χ4v) is 1.59. The summed E-state index contributed by atoms with van der Waals surface area (Å²) < 4.78 is 0.923. The van der Waals surface area contributed by atoms with Crippen molar-refractivity contribution in [2.24, 2.45) is 0 Å². The van der Waals surface area contributed by atoms with Crippen molar-refractivity contribution in [2.45, 2.75) is 13.0 Å². The molecule has 3 heteroatoms. The summed E-state index contributed by atoms with van der Waals surface area (Å²) >= 11 is 2.12. The van der Waals surface area contributed by atoms with Crippen LogP contribution in [0.2, 0.25) is 0 Å². The van der Waals surface area contributed by atoms with Gasteiger partial charge in [0.15, 0.2) is 0 Å². The van der Waals surface area contributed by atoms with Gasteiger partial charge in [0.2, 0.25) is 0 Å². The summed E-state index contributed by atoms with van der Waals surface area (Å²) in [5, 5.41) is 2.71. The van der Waals surface area contributed by atoms with Gasteiger partial charge >= 0.3 is 0 Å². The Morgan fingerprint density at radius 2 is 2.21 bits per heavy atom. The molecular weight excluding hydrogens is 289 g/mol. The molecule has 0 spiro atoms. The maximum atomic E-state index is 11.6. The zero-order valence-electron chi connectivity index (χ0n) is 7.75. The number of halogens is 1. The van der Waals surface area contributed by atoms with E-state index in [-0.39, 0.29) is 11.9 Å². The maximum Gasteiger partial charge on any atom is 0.253 e. The Labute approximate surface area is 97.2 Å². The third-order valence-corrected chi connectivity index (χ3v) is 2.66. The number of carbonyl (C=O) groups excluding carboxylic acids is 1. The monoisotopic (exact) mass is 299 g/mol. The minimum absolute atomic E-state index is 0.125. The first-order valence-electron chi connectivity index (χ1n) is 4.16. The van der Waals surface area contributed by atoms with Crippen molar-refractivity contribution < 1.29 is 4.79 Å². The Bertz CT molecular complexity index is 381. The van der Waals surface area contributed by atoms with Crippen LogP contribution >= 0.6 is 22.6 Å². The molecule has 0 saturated heterocycles. The molecule has 1 amide bonds. The van der Waals surface area contributed by atoms with Gasteiger partial charge in [0, 0.05) is 3.57 Å². The summed E-state index contributed by atoms with van der Waals surface area (Å²) in [6.45, 7) is 1.77. The summed E-state index contributed by atoms with van der Waals surface area (Å²) in [5.41, 5.74) is 0.662. The van der Waals surface area contributed by atoms with E-state index in [1.165, 1.54) is 0 Å². The second kappa shape index (κ2) is 5.01. The van der Waals surface area contributed by atoms with Crippen molar-refractivity contribution in [1.29, 1.82) is 0 Å². The van der Waals surface area contributed by atoms with E-state index in [1.807, 2.05) is 18.2 Å². The van der Waals surface area contributed by atoms with Gasteiger partial charge in [-0.25, -0.2) is 0 Å². The highest BCUT2D eigenvalue weighted by Gasteiger charge is 2.09. The average molecular weight is 299 g/mol. The molecule has 0 aliphatic rings. The molecule has 1 atom stereocenters. The number of terminal acetylenes is 1. The molecule has 1 aromatic rings. The Morgan fingerprint density at radius 3 is 2.79 bits per heavy atom. The summed E-state index contributed by atoms with van der Waals surface area (Å²) in [7, 11) is 0. The van der Waals surface area contributed by atoms with Crippen LogP contribution in [0.25, 0.3) is 0 Å². The van der Waals surface area contributed by atoms with Crippen LogP contribution in [0.5, 0.6) is 0 Å². The normalized spacial score (nSPS) is 11.5. The predicted octanol–water partition coefficient (Wildman–Crippen LogP) is 2.04. The lowest BCUT2D eigenvalue weighted by Gasteiger charge is -2.08. The first-order valence-corrected chi connectivity index (χ1v) is 5.24. The van der Waals surface area contributed by atoms with Crippen LogP contribution in [0.15, 0.2) is 24.3 Å². The van der Waals surface area contributed by atoms with Crippen LogP contribution in [-0.4, -0.2) is 11.9 Å². The third-order valence-electron chi connectivity index (χ3n) is 1.72. The highest BCUT2D eigenvalue weighted by atomic mass is 127. The molecule has 0 aliphatic heterocycles. The van der Waals surface area contributed by atoms with Crippen molar-refractivity contribution in [3.05, 3.63) is 33.4 Å². The first kappa shape index (κ1) is 11.1. The van der Waals surface area contributed by atoms with Crippen LogP contribution < -0.4 is 5.32 Å². The van der Waals surface area contributed by atoms with Crippen molar-refractivity contribution in [1.82, 2.24) is 5.32 Å². The molecule has 1 rings (SSSR count). The van der Waals surface area contributed by atoms with Crippen LogP contribution in [0, 0.1) is 15.9 Å². The molecule has 2 nitrogen and oxygen atoms in total. The molecule has 1 unspecified atom stereocenters. The fourth-order valence-electron chi connectivity index (χ4n) is 0.961. The molecule has 14 heavy (non-hydrogen) atoms. The SMILES string of the molecule is C#CC(C)NC(=O)c1ccccc1I. The first-order chi connectivity index (χ1) is 6.65. The van der Waals surface area contributed by atoms with Gasteiger partial charge in [-0.05, 0) is 41.6 Å². The molecule has 0 fully saturated rings. The zero-order valence-corrected chi connectivity index (χ0v) is 9.91. The van der Waals surface area contributed by atoms with E-state index in [9.17, 15) is 4.79 Å². The molecule has 0 aliphatic carbocycles. The highest BCUT2D eigenvalue weighted by molar-refractivity contribution is 14.1. The van der Waals surface area contributed by atoms with E-state index in [0.29, 0.717) is 5.56 Å². The second-order valence-corrected chi connectivity index (χ2v) is 4.00. The van der Waals surface area contributed by atoms with Gasteiger partial charge in [0.1, 0.15) is 0 Å². The summed E-state index contributed by atoms with van der Waals surface area (Å²) in [5.74, 6) is 2.33. The number of nitrogens with one attached hydrogen (secondary N) is 1. The molecular formula is C11H10INO. The minimum Gasteiger partial charge on any atom is -0.339 e. The Morgan fingerprint density at radius 1 is 1.57 bits per heavy atom. The van der Waals surface area contributed by atoms with E-state index in [0.717, 1.165) is 3.57 Å². The Balaban J connectivity index is 2.81. The van der Waals surface area contributed by atoms with Gasteiger partial charge in [-0.2, -0.15) is 0 Å². The average Bonchev–Trinajstić information content (AvgIpc) is 2.18. The van der Waals surface area contributed by atoms with Crippen molar-refractivity contribution in [3.63, 3.8) is 0 Å². The molecule has 0 radical (unpaired) electrons. The molecule has 1 aromatic carbocycles. The van der Waals surface area contributed by atoms with E-state index >= 15 is 0 Å². The lowest BCUT2D eigenvalue weighted by atomic mass is 10.2. The number of amides is 1. The molecule has 0 saturated carbocycles. The summed E-state index contributed by atoms with van der Waals surface area (Å²) in [4.78, 5) is 11.6. The van der Waals surface area contributed by atoms with Gasteiger partial charge in [0.25, 0.3) is 5.91 Å². The van der Waals surface area contributed by atoms with Crippen LogP contribution in [-0.2, 0) is 0 Å². The Hall–Kier alpha value is -1.02. The fraction of sp³-hybridized carbons (Fsp3) is 0.182. The lowest BCUT2D eigenvalue weighted by molar-refractivity contribution is 0.0947. The number of hydrogen-bond acceptors (Lipinski definition) is 1. The smallest absolute Gasteiger partial charge is 0.253 e. The van der Waals surface area contributed by atoms with Gasteiger partial charge in [-0.3, -0.25) is 4.79 Å². The van der Waals surface area contributed by atoms with Crippen molar-refractivity contribution in [2.75, 3.05) is 0 Å². The molecule has 0 heterocycles. The van der Waals surface area contributed by atoms with Gasteiger partial charge in [-0.1, -0.05) is 18.1 Å². The lowest BCUT2D eigenvalue weighted by Crippen LogP contribution is -2.31. The zero-order chi connectivity index (χ0) is 10.6. The molecule has 1 N–H and O–H groups in total. The van der Waals surface area contributed by atoms with Crippen LogP contribution in [0.4, 0.5) is 0 Å². The standard InChI is InChI=1S/C11H10INO/c1-3-8(2)13-11(14)9-6-4-5-7-10(9)12/h1,4-8H,2H3,(H,13,14). The van der Waals surface area contributed by atoms with E-state index in [2.05, 4.69) is 33.8 Å². The van der Waals surface area contributed by atoms with Gasteiger partial charge in [-0.15, -0.1) is 6.42 Å². The number of hydrogen-bond donors (Lipinski definition) is 1.